The lowest BCUT2D eigenvalue weighted by atomic mass is 10.1. The Labute approximate surface area is 74.3 Å². The monoisotopic (exact) mass is 170 g/mol. The largest absolute Gasteiger partial charge is 0.469 e. The third-order valence-corrected chi connectivity index (χ3v) is 2.60. The smallest absolute Gasteiger partial charge is 0.308 e. The number of methoxy groups -OCH3 is 1. The standard InChI is InChI=1S/C10H18O2/c1-3-4-5-6-8-7-9(8)10(11)12-2/h8-9H,3-7H2,1-2H3/t8-,9-/m0/s1. The summed E-state index contributed by atoms with van der Waals surface area (Å²) in [4.78, 5) is 11.0. The molecule has 12 heavy (non-hydrogen) atoms. The van der Waals surface area contributed by atoms with Gasteiger partial charge in [0.25, 0.3) is 0 Å². The van der Waals surface area contributed by atoms with Crippen LogP contribution in [0.3, 0.4) is 0 Å². The van der Waals surface area contributed by atoms with E-state index in [2.05, 4.69) is 11.7 Å². The third-order valence-electron chi connectivity index (χ3n) is 2.60. The zero-order valence-corrected chi connectivity index (χ0v) is 8.01. The number of hydrogen-bond acceptors (Lipinski definition) is 2. The van der Waals surface area contributed by atoms with Crippen molar-refractivity contribution < 1.29 is 9.53 Å². The van der Waals surface area contributed by atoms with Crippen molar-refractivity contribution >= 4 is 5.97 Å². The van der Waals surface area contributed by atoms with E-state index >= 15 is 0 Å². The topological polar surface area (TPSA) is 26.3 Å². The number of unbranched alkanes of at least 4 members (excludes halogenated alkanes) is 2. The van der Waals surface area contributed by atoms with Crippen molar-refractivity contribution in [1.29, 1.82) is 0 Å². The minimum atomic E-state index is -0.00324. The SMILES string of the molecule is CCCCC[C@H]1C[C@@H]1C(=O)OC. The van der Waals surface area contributed by atoms with E-state index in [4.69, 9.17) is 0 Å². The molecule has 0 aliphatic heterocycles. The molecule has 0 saturated heterocycles. The number of carbonyl (C=O) groups excluding carboxylic acids is 1. The Morgan fingerprint density at radius 2 is 2.25 bits per heavy atom. The molecule has 2 nitrogen and oxygen atoms in total. The summed E-state index contributed by atoms with van der Waals surface area (Å²) in [6.07, 6.45) is 6.11. The van der Waals surface area contributed by atoms with E-state index in [-0.39, 0.29) is 11.9 Å². The fourth-order valence-corrected chi connectivity index (χ4v) is 1.66. The van der Waals surface area contributed by atoms with Crippen LogP contribution in [0.5, 0.6) is 0 Å². The van der Waals surface area contributed by atoms with Gasteiger partial charge in [0.05, 0.1) is 13.0 Å². The number of ether oxygens (including phenoxy) is 1. The molecule has 2 heteroatoms. The van der Waals surface area contributed by atoms with Gasteiger partial charge in [-0.2, -0.15) is 0 Å². The van der Waals surface area contributed by atoms with Crippen LogP contribution in [-0.4, -0.2) is 13.1 Å². The van der Waals surface area contributed by atoms with Crippen LogP contribution in [0.1, 0.15) is 39.0 Å². The van der Waals surface area contributed by atoms with E-state index in [1.54, 1.807) is 0 Å². The Balaban J connectivity index is 2.04. The molecule has 2 atom stereocenters. The van der Waals surface area contributed by atoms with Crippen molar-refractivity contribution in [3.63, 3.8) is 0 Å². The lowest BCUT2D eigenvalue weighted by molar-refractivity contribution is -0.142. The van der Waals surface area contributed by atoms with Crippen molar-refractivity contribution in [3.05, 3.63) is 0 Å². The molecule has 0 aromatic heterocycles. The molecule has 0 amide bonds. The molecular weight excluding hydrogens is 152 g/mol. The average molecular weight is 170 g/mol. The minimum absolute atomic E-state index is 0.00324. The van der Waals surface area contributed by atoms with Crippen LogP contribution in [0.15, 0.2) is 0 Å². The summed E-state index contributed by atoms with van der Waals surface area (Å²) < 4.78 is 4.67. The van der Waals surface area contributed by atoms with Crippen LogP contribution in [0.4, 0.5) is 0 Å². The Hall–Kier alpha value is -0.530. The van der Waals surface area contributed by atoms with Gasteiger partial charge in [-0.3, -0.25) is 4.79 Å². The van der Waals surface area contributed by atoms with Crippen LogP contribution >= 0.6 is 0 Å². The zero-order chi connectivity index (χ0) is 8.97. The lowest BCUT2D eigenvalue weighted by Gasteiger charge is -1.97. The first-order valence-electron chi connectivity index (χ1n) is 4.87. The van der Waals surface area contributed by atoms with Crippen molar-refractivity contribution in [3.8, 4) is 0 Å². The first-order chi connectivity index (χ1) is 5.79. The first-order valence-corrected chi connectivity index (χ1v) is 4.87. The highest BCUT2D eigenvalue weighted by molar-refractivity contribution is 5.75. The van der Waals surface area contributed by atoms with Gasteiger partial charge >= 0.3 is 5.97 Å². The predicted octanol–water partition coefficient (Wildman–Crippen LogP) is 2.38. The predicted molar refractivity (Wildman–Crippen MR) is 47.8 cm³/mol. The highest BCUT2D eigenvalue weighted by atomic mass is 16.5. The van der Waals surface area contributed by atoms with Crippen molar-refractivity contribution in [1.82, 2.24) is 0 Å². The first kappa shape index (κ1) is 9.56. The Morgan fingerprint density at radius 3 is 2.83 bits per heavy atom. The van der Waals surface area contributed by atoms with Crippen LogP contribution < -0.4 is 0 Å². The summed E-state index contributed by atoms with van der Waals surface area (Å²) in [6.45, 7) is 2.20. The molecule has 1 aliphatic carbocycles. The molecule has 0 N–H and O–H groups in total. The van der Waals surface area contributed by atoms with Gasteiger partial charge in [0.2, 0.25) is 0 Å². The fourth-order valence-electron chi connectivity index (χ4n) is 1.66. The Kier molecular flexibility index (Phi) is 3.57. The number of rotatable bonds is 5. The molecule has 1 aliphatic rings. The maximum Gasteiger partial charge on any atom is 0.308 e. The summed E-state index contributed by atoms with van der Waals surface area (Å²) in [5.74, 6) is 0.882. The molecule has 0 unspecified atom stereocenters. The van der Waals surface area contributed by atoms with Crippen LogP contribution in [0.2, 0.25) is 0 Å². The van der Waals surface area contributed by atoms with Gasteiger partial charge in [-0.05, 0) is 18.8 Å². The molecular formula is C10H18O2. The average Bonchev–Trinajstić information content (AvgIpc) is 2.83. The highest BCUT2D eigenvalue weighted by Crippen LogP contribution is 2.43. The van der Waals surface area contributed by atoms with E-state index in [1.807, 2.05) is 0 Å². The summed E-state index contributed by atoms with van der Waals surface area (Å²) >= 11 is 0. The van der Waals surface area contributed by atoms with E-state index in [9.17, 15) is 4.79 Å². The summed E-state index contributed by atoms with van der Waals surface area (Å²) in [7, 11) is 1.48. The minimum Gasteiger partial charge on any atom is -0.469 e. The molecule has 1 saturated carbocycles. The van der Waals surface area contributed by atoms with Gasteiger partial charge < -0.3 is 4.74 Å². The summed E-state index contributed by atoms with van der Waals surface area (Å²) in [6, 6.07) is 0. The second-order valence-corrected chi connectivity index (χ2v) is 3.62. The van der Waals surface area contributed by atoms with Crippen LogP contribution in [-0.2, 0) is 9.53 Å². The Bertz CT molecular complexity index is 154. The molecule has 0 radical (unpaired) electrons. The van der Waals surface area contributed by atoms with Gasteiger partial charge in [-0.25, -0.2) is 0 Å². The molecule has 0 heterocycles. The maximum atomic E-state index is 11.0. The number of esters is 1. The van der Waals surface area contributed by atoms with Gasteiger partial charge in [0, 0.05) is 0 Å². The summed E-state index contributed by atoms with van der Waals surface area (Å²) in [5.41, 5.74) is 0. The quantitative estimate of drug-likeness (QED) is 0.467. The van der Waals surface area contributed by atoms with Gasteiger partial charge in [0.15, 0.2) is 0 Å². The van der Waals surface area contributed by atoms with Crippen LogP contribution in [0.25, 0.3) is 0 Å². The van der Waals surface area contributed by atoms with E-state index in [0.717, 1.165) is 6.42 Å². The number of carbonyl (C=O) groups is 1. The Morgan fingerprint density at radius 1 is 1.50 bits per heavy atom. The molecule has 0 aromatic carbocycles. The van der Waals surface area contributed by atoms with Gasteiger partial charge in [-0.1, -0.05) is 26.2 Å². The zero-order valence-electron chi connectivity index (χ0n) is 8.01. The molecule has 70 valence electrons. The van der Waals surface area contributed by atoms with Gasteiger partial charge in [-0.15, -0.1) is 0 Å². The molecule has 0 spiro atoms. The lowest BCUT2D eigenvalue weighted by Crippen LogP contribution is -2.04. The molecule has 0 bridgehead atoms. The second kappa shape index (κ2) is 4.48. The van der Waals surface area contributed by atoms with E-state index < -0.39 is 0 Å². The van der Waals surface area contributed by atoms with E-state index in [0.29, 0.717) is 5.92 Å². The molecule has 0 aromatic rings. The molecule has 1 rings (SSSR count). The van der Waals surface area contributed by atoms with E-state index in [1.165, 1.54) is 32.8 Å². The van der Waals surface area contributed by atoms with Crippen LogP contribution in [0, 0.1) is 11.8 Å². The second-order valence-electron chi connectivity index (χ2n) is 3.62. The van der Waals surface area contributed by atoms with Crippen molar-refractivity contribution in [2.75, 3.05) is 7.11 Å². The molecule has 1 fully saturated rings. The normalized spacial score (nSPS) is 26.8. The van der Waals surface area contributed by atoms with Gasteiger partial charge in [0.1, 0.15) is 0 Å². The van der Waals surface area contributed by atoms with Crippen molar-refractivity contribution in [2.24, 2.45) is 11.8 Å². The summed E-state index contributed by atoms with van der Waals surface area (Å²) in [5, 5.41) is 0. The van der Waals surface area contributed by atoms with Crippen molar-refractivity contribution in [2.45, 2.75) is 39.0 Å². The number of hydrogen-bond donors (Lipinski definition) is 0. The fraction of sp³-hybridized carbons (Fsp3) is 0.900. The maximum absolute atomic E-state index is 11.0. The highest BCUT2D eigenvalue weighted by Gasteiger charge is 2.42. The third kappa shape index (κ3) is 2.50.